The van der Waals surface area contributed by atoms with Crippen LogP contribution in [0, 0.1) is 17.2 Å². The number of esters is 1. The fraction of sp³-hybridized carbons (Fsp3) is 0.676. The Hall–Kier alpha value is -2.35. The van der Waals surface area contributed by atoms with E-state index in [-0.39, 0.29) is 18.7 Å². The van der Waals surface area contributed by atoms with Crippen molar-refractivity contribution >= 4 is 33.2 Å². The van der Waals surface area contributed by atoms with Gasteiger partial charge in [-0.2, -0.15) is 5.10 Å². The summed E-state index contributed by atoms with van der Waals surface area (Å²) in [6.45, 7) is 23.9. The van der Waals surface area contributed by atoms with Crippen molar-refractivity contribution in [3.05, 3.63) is 34.8 Å². The summed E-state index contributed by atoms with van der Waals surface area (Å²) in [6, 6.07) is 5.29. The van der Waals surface area contributed by atoms with E-state index in [4.69, 9.17) is 24.3 Å². The Bertz CT molecular complexity index is 1560. The van der Waals surface area contributed by atoms with Crippen LogP contribution in [0.3, 0.4) is 0 Å². The zero-order valence-electron chi connectivity index (χ0n) is 29.1. The Morgan fingerprint density at radius 2 is 1.69 bits per heavy atom. The summed E-state index contributed by atoms with van der Waals surface area (Å²) in [4.78, 5) is 17.7. The van der Waals surface area contributed by atoms with Crippen molar-refractivity contribution in [2.75, 3.05) is 13.2 Å². The van der Waals surface area contributed by atoms with Crippen LogP contribution in [-0.2, 0) is 51.7 Å². The number of imidazole rings is 1. The normalized spacial score (nSPS) is 19.9. The maximum atomic E-state index is 15.6. The summed E-state index contributed by atoms with van der Waals surface area (Å²) in [7, 11) is -2.51. The molecule has 0 spiro atoms. The molecule has 0 bridgehead atoms. The molecule has 2 aromatic heterocycles. The number of fused-ring (bicyclic) bond motifs is 3. The lowest BCUT2D eigenvalue weighted by Crippen LogP contribution is -2.25. The molecular weight excluding hydrogens is 604 g/mol. The lowest BCUT2D eigenvalue weighted by Gasteiger charge is -2.20. The fourth-order valence-electron chi connectivity index (χ4n) is 6.13. The van der Waals surface area contributed by atoms with Crippen molar-refractivity contribution in [1.82, 2.24) is 19.3 Å². The minimum Gasteiger partial charge on any atom is -0.460 e. The van der Waals surface area contributed by atoms with Gasteiger partial charge in [0, 0.05) is 52.2 Å². The lowest BCUT2D eigenvalue weighted by atomic mass is 9.87. The van der Waals surface area contributed by atoms with E-state index in [1.807, 2.05) is 30.0 Å². The van der Waals surface area contributed by atoms with Crippen LogP contribution in [0.1, 0.15) is 50.9 Å². The van der Waals surface area contributed by atoms with Gasteiger partial charge in [-0.15, -0.1) is 0 Å². The number of halogens is 1. The van der Waals surface area contributed by atoms with E-state index in [1.165, 1.54) is 23.7 Å². The number of hydrogen-bond donors (Lipinski definition) is 0. The summed E-state index contributed by atoms with van der Waals surface area (Å²) in [5, 5.41) is 5.14. The van der Waals surface area contributed by atoms with Gasteiger partial charge in [0.2, 0.25) is 0 Å². The van der Waals surface area contributed by atoms with Gasteiger partial charge in [0.1, 0.15) is 30.6 Å². The van der Waals surface area contributed by atoms with Crippen molar-refractivity contribution in [3.63, 3.8) is 0 Å². The molecule has 1 aromatic carbocycles. The molecule has 45 heavy (non-hydrogen) atoms. The van der Waals surface area contributed by atoms with Crippen molar-refractivity contribution in [2.24, 2.45) is 11.3 Å². The molecular formula is C34H53FN4O4Si2. The molecule has 0 saturated heterocycles. The number of ether oxygens (including phenoxy) is 3. The van der Waals surface area contributed by atoms with Crippen molar-refractivity contribution in [1.29, 1.82) is 0 Å². The minimum absolute atomic E-state index is 0.160. The van der Waals surface area contributed by atoms with Gasteiger partial charge in [-0.3, -0.25) is 9.36 Å². The van der Waals surface area contributed by atoms with Crippen LogP contribution in [0.5, 0.6) is 0 Å². The topological polar surface area (TPSA) is 80.4 Å². The molecule has 2 aliphatic rings. The molecule has 1 saturated carbocycles. The van der Waals surface area contributed by atoms with Crippen molar-refractivity contribution < 1.29 is 23.4 Å². The molecule has 2 aliphatic carbocycles. The molecule has 8 nitrogen and oxygen atoms in total. The molecule has 2 atom stereocenters. The van der Waals surface area contributed by atoms with Crippen LogP contribution >= 0.6 is 0 Å². The summed E-state index contributed by atoms with van der Waals surface area (Å²) >= 11 is 0. The van der Waals surface area contributed by atoms with Crippen LogP contribution in [0.25, 0.3) is 22.6 Å². The van der Waals surface area contributed by atoms with Crippen LogP contribution in [-0.4, -0.2) is 60.3 Å². The second kappa shape index (κ2) is 12.4. The molecule has 11 heteroatoms. The second-order valence-electron chi connectivity index (χ2n) is 17.0. The fourth-order valence-corrected chi connectivity index (χ4v) is 7.65. The number of carbonyl (C=O) groups is 1. The number of carbonyl (C=O) groups excluding carboxylic acids is 1. The maximum Gasteiger partial charge on any atom is 0.310 e. The van der Waals surface area contributed by atoms with E-state index in [0.717, 1.165) is 37.2 Å². The van der Waals surface area contributed by atoms with E-state index >= 15 is 4.39 Å². The highest BCUT2D eigenvalue weighted by Gasteiger charge is 2.54. The van der Waals surface area contributed by atoms with Gasteiger partial charge in [-0.05, 0) is 69.5 Å². The molecule has 0 N–H and O–H groups in total. The molecule has 0 aliphatic heterocycles. The number of benzene rings is 1. The number of aromatic nitrogens is 4. The molecule has 0 unspecified atom stereocenters. The van der Waals surface area contributed by atoms with Gasteiger partial charge in [0.15, 0.2) is 5.82 Å². The van der Waals surface area contributed by atoms with Crippen LogP contribution in [0.15, 0.2) is 12.1 Å². The highest BCUT2D eigenvalue weighted by molar-refractivity contribution is 6.76. The molecule has 0 radical (unpaired) electrons. The Morgan fingerprint density at radius 3 is 2.31 bits per heavy atom. The van der Waals surface area contributed by atoms with E-state index in [1.54, 1.807) is 6.07 Å². The monoisotopic (exact) mass is 656 g/mol. The number of rotatable bonds is 13. The van der Waals surface area contributed by atoms with Crippen LogP contribution in [0.4, 0.5) is 4.39 Å². The third-order valence-corrected chi connectivity index (χ3v) is 12.4. The van der Waals surface area contributed by atoms with E-state index < -0.39 is 33.5 Å². The Kier molecular flexibility index (Phi) is 9.33. The second-order valence-corrected chi connectivity index (χ2v) is 28.2. The molecule has 5 rings (SSSR count). The van der Waals surface area contributed by atoms with Gasteiger partial charge in [0.25, 0.3) is 0 Å². The standard InChI is InChI=1S/C34H53FN4O4Si2/c1-33(2,3)43-30(40)16-23-15-27-28(18-26(23)35)38(21-41-11-13-44(5,6)7)32(36-27)31-25-17-24-19-34(24,4)20-29(25)39(37-31)22-42-12-14-45(8,9)10/h15,18,24H,11-14,16-17,19-22H2,1-10H3/t24-,34-/m1/s1. The SMILES string of the molecule is CC(C)(C)OC(=O)Cc1cc2nc(-c3nn(COCC[Si](C)(C)C)c4c3C[C@@H]3C[C@]3(C)C4)n(COCC[Si](C)(C)C)c2cc1F. The predicted molar refractivity (Wildman–Crippen MR) is 182 cm³/mol. The highest BCUT2D eigenvalue weighted by Crippen LogP contribution is 2.60. The number of hydrogen-bond acceptors (Lipinski definition) is 6. The van der Waals surface area contributed by atoms with E-state index in [9.17, 15) is 4.79 Å². The first-order valence-corrected chi connectivity index (χ1v) is 23.9. The minimum atomic E-state index is -1.30. The van der Waals surface area contributed by atoms with Gasteiger partial charge >= 0.3 is 5.97 Å². The van der Waals surface area contributed by atoms with Gasteiger partial charge in [-0.25, -0.2) is 14.1 Å². The quantitative estimate of drug-likeness (QED) is 0.107. The third-order valence-electron chi connectivity index (χ3n) is 9.04. The highest BCUT2D eigenvalue weighted by atomic mass is 28.3. The first-order chi connectivity index (χ1) is 20.8. The number of nitrogens with zero attached hydrogens (tertiary/aromatic N) is 4. The zero-order valence-corrected chi connectivity index (χ0v) is 31.1. The molecule has 1 fully saturated rings. The van der Waals surface area contributed by atoms with E-state index in [2.05, 4.69) is 46.2 Å². The smallest absolute Gasteiger partial charge is 0.310 e. The Balaban J connectivity index is 1.53. The molecule has 0 amide bonds. The zero-order chi connectivity index (χ0) is 32.9. The summed E-state index contributed by atoms with van der Waals surface area (Å²) < 4.78 is 37.5. The molecule has 2 heterocycles. The average Bonchev–Trinajstić information content (AvgIpc) is 3.26. The van der Waals surface area contributed by atoms with E-state index in [0.29, 0.717) is 41.5 Å². The van der Waals surface area contributed by atoms with Gasteiger partial charge in [0.05, 0.1) is 17.5 Å². The first-order valence-electron chi connectivity index (χ1n) is 16.5. The summed E-state index contributed by atoms with van der Waals surface area (Å²) in [5.41, 5.74) is 4.46. The summed E-state index contributed by atoms with van der Waals surface area (Å²) in [5.74, 6) is 0.385. The van der Waals surface area contributed by atoms with Gasteiger partial charge in [-0.1, -0.05) is 46.2 Å². The van der Waals surface area contributed by atoms with Gasteiger partial charge < -0.3 is 14.2 Å². The van der Waals surface area contributed by atoms with Crippen LogP contribution < -0.4 is 0 Å². The lowest BCUT2D eigenvalue weighted by molar-refractivity contribution is -0.153. The van der Waals surface area contributed by atoms with Crippen molar-refractivity contribution in [3.8, 4) is 11.5 Å². The maximum absolute atomic E-state index is 15.6. The first kappa shape index (κ1) is 34.0. The van der Waals surface area contributed by atoms with Crippen LogP contribution in [0.2, 0.25) is 51.4 Å². The largest absolute Gasteiger partial charge is 0.460 e. The Labute approximate surface area is 270 Å². The van der Waals surface area contributed by atoms with Crippen molar-refractivity contribution in [2.45, 2.75) is 124 Å². The molecule has 3 aromatic rings. The summed E-state index contributed by atoms with van der Waals surface area (Å²) in [6.07, 6.45) is 2.98. The predicted octanol–water partition coefficient (Wildman–Crippen LogP) is 7.67. The third kappa shape index (κ3) is 8.33. The molecule has 248 valence electrons. The Morgan fingerprint density at radius 1 is 1.04 bits per heavy atom. The average molecular weight is 657 g/mol.